The molecule has 14 rings (SSSR count). The molecule has 150 heavy (non-hydrogen) atoms. The first kappa shape index (κ1) is 121. The molecule has 4 heterocycles. The molecule has 3 amide bonds. The van der Waals surface area contributed by atoms with E-state index in [1.807, 2.05) is 53.4 Å². The number of phenols is 1. The number of nitrogens with one attached hydrogen (secondary N) is 1. The van der Waals surface area contributed by atoms with Gasteiger partial charge in [0.25, 0.3) is 0 Å². The summed E-state index contributed by atoms with van der Waals surface area (Å²) in [4.78, 5) is 133. The molecule has 4 N–H and O–H groups in total. The number of esters is 4. The van der Waals surface area contributed by atoms with E-state index in [2.05, 4.69) is 30.7 Å². The van der Waals surface area contributed by atoms with Gasteiger partial charge in [-0.25, -0.2) is 81.9 Å². The molecule has 3 aliphatic rings. The van der Waals surface area contributed by atoms with Crippen LogP contribution >= 0.6 is 15.9 Å². The van der Waals surface area contributed by atoms with Crippen LogP contribution in [0.4, 0.5) is 62.7 Å². The van der Waals surface area contributed by atoms with E-state index in [-0.39, 0.29) is 112 Å². The SMILES string of the molecule is CC(=O)c1ccc(F)cc1.CC(=O)c1ccc(Oc2c(F)cccc2F)cc1.CC(C)(C)OC(=O)N1CC[C@@H](N)C1.CC(C)(C)OC(=O)N1CC[C@@H](NCC(=O)c2ccc(Oc3c(F)cccc3F)cc2)C1.COC(=O)C#CC(=O)OC.COC(=O)c1c(-c2ccc(Oc3c(F)cccc3F)cc2)cn([C@@H]2CCN(C(=O)OC(C)(C)C)C2)c1C(=O)OC.O=C(CBr)c1ccc(Oc2c(F)cccc2F)cc1.Oc1c(F)cccc1F. The fraction of sp³-hybridized carbons (Fsp3) is 0.294. The van der Waals surface area contributed by atoms with Crippen molar-refractivity contribution < 1.29 is 158 Å². The lowest BCUT2D eigenvalue weighted by Crippen LogP contribution is -2.39. The summed E-state index contributed by atoms with van der Waals surface area (Å²) >= 11 is 3.06. The number of ketones is 4. The fourth-order valence-electron chi connectivity index (χ4n) is 13.3. The van der Waals surface area contributed by atoms with E-state index in [0.717, 1.165) is 80.1 Å². The number of carbonyl (C=O) groups is 11. The summed E-state index contributed by atoms with van der Waals surface area (Å²) in [7, 11) is 4.75. The van der Waals surface area contributed by atoms with E-state index in [1.54, 1.807) is 70.5 Å². The van der Waals surface area contributed by atoms with Crippen LogP contribution in [-0.2, 0) is 42.7 Å². The zero-order valence-electron chi connectivity index (χ0n) is 84.1. The number of nitrogens with two attached hydrogens (primary N) is 1. The lowest BCUT2D eigenvalue weighted by molar-refractivity contribution is -0.135. The van der Waals surface area contributed by atoms with Crippen LogP contribution < -0.4 is 30.0 Å². The molecule has 3 fully saturated rings. The summed E-state index contributed by atoms with van der Waals surface area (Å²) in [6.07, 6.45) is 2.65. The predicted octanol–water partition coefficient (Wildman–Crippen LogP) is 22.8. The van der Waals surface area contributed by atoms with Crippen LogP contribution in [-0.4, -0.2) is 198 Å². The minimum absolute atomic E-state index is 0.00288. The van der Waals surface area contributed by atoms with E-state index in [1.165, 1.54) is 170 Å². The average molecular weight is 2160 g/mol. The highest BCUT2D eigenvalue weighted by molar-refractivity contribution is 9.09. The number of carbonyl (C=O) groups excluding carboxylic acids is 11. The van der Waals surface area contributed by atoms with Crippen molar-refractivity contribution in [2.45, 2.75) is 130 Å². The Morgan fingerprint density at radius 2 is 0.707 bits per heavy atom. The molecule has 3 saturated heterocycles. The number of amides is 3. The molecule has 29 nitrogen and oxygen atoms in total. The van der Waals surface area contributed by atoms with Gasteiger partial charge in [0.1, 0.15) is 56.9 Å². The summed E-state index contributed by atoms with van der Waals surface area (Å²) in [5, 5.41) is 11.8. The number of methoxy groups -OCH3 is 4. The molecule has 0 aliphatic carbocycles. The maximum Gasteiger partial charge on any atom is 0.410 e. The molecule has 0 unspecified atom stereocenters. The van der Waals surface area contributed by atoms with Gasteiger partial charge in [0.05, 0.1) is 46.4 Å². The normalized spacial score (nSPS) is 13.6. The summed E-state index contributed by atoms with van der Waals surface area (Å²) in [6.45, 7) is 22.4. The molecule has 10 aromatic carbocycles. The topological polar surface area (TPSA) is 362 Å². The molecule has 11 aromatic rings. The van der Waals surface area contributed by atoms with Crippen LogP contribution in [0, 0.1) is 75.8 Å². The molecule has 3 atom stereocenters. The lowest BCUT2D eigenvalue weighted by Gasteiger charge is -2.24. The van der Waals surface area contributed by atoms with Crippen LogP contribution in [0.1, 0.15) is 164 Å². The number of alkyl halides is 1. The third-order valence-corrected chi connectivity index (χ3v) is 21.1. The zero-order valence-corrected chi connectivity index (χ0v) is 85.7. The number of Topliss-reactive ketones (excluding diaryl/α,β-unsaturated/α-hetero) is 4. The summed E-state index contributed by atoms with van der Waals surface area (Å²) in [6, 6.07) is 46.5. The van der Waals surface area contributed by atoms with Crippen molar-refractivity contribution in [2.75, 3.05) is 79.6 Å². The van der Waals surface area contributed by atoms with Gasteiger partial charge >= 0.3 is 42.2 Å². The van der Waals surface area contributed by atoms with Crippen LogP contribution in [0.5, 0.6) is 51.7 Å². The Balaban J connectivity index is 0.000000246. The van der Waals surface area contributed by atoms with Crippen LogP contribution in [0.15, 0.2) is 219 Å². The van der Waals surface area contributed by atoms with E-state index in [0.29, 0.717) is 66.0 Å². The van der Waals surface area contributed by atoms with E-state index >= 15 is 0 Å². The maximum atomic E-state index is 14.0. The average Bonchev–Trinajstić information content (AvgIpc) is 1.60. The van der Waals surface area contributed by atoms with Gasteiger partial charge in [-0.2, -0.15) is 0 Å². The molecule has 798 valence electrons. The first-order chi connectivity index (χ1) is 70.7. The fourth-order valence-corrected chi connectivity index (χ4v) is 13.6. The Morgan fingerprint density at radius 1 is 0.393 bits per heavy atom. The number of nitrogens with zero attached hydrogens (tertiary/aromatic N) is 4. The highest BCUT2D eigenvalue weighted by Gasteiger charge is 2.38. The Kier molecular flexibility index (Phi) is 46.3. The Hall–Kier alpha value is -16.0. The lowest BCUT2D eigenvalue weighted by atomic mass is 10.0. The molecule has 0 saturated carbocycles. The molecular weight excluding hydrogens is 2050 g/mol. The third-order valence-electron chi connectivity index (χ3n) is 20.6. The summed E-state index contributed by atoms with van der Waals surface area (Å²) in [5.74, 6) is -10.1. The first-order valence-corrected chi connectivity index (χ1v) is 46.8. The molecule has 3 aliphatic heterocycles. The Bertz CT molecular complexity index is 6450. The number of ether oxygens (including phenoxy) is 11. The second kappa shape index (κ2) is 57.4. The number of aromatic nitrogens is 1. The van der Waals surface area contributed by atoms with Crippen molar-refractivity contribution in [3.63, 3.8) is 0 Å². The van der Waals surface area contributed by atoms with Crippen molar-refractivity contribution in [3.05, 3.63) is 316 Å². The number of hydrogen-bond acceptors (Lipinski definition) is 25. The maximum absolute atomic E-state index is 14.0. The minimum Gasteiger partial charge on any atom is -0.503 e. The quantitative estimate of drug-likeness (QED) is 0.0121. The van der Waals surface area contributed by atoms with Crippen LogP contribution in [0.3, 0.4) is 0 Å². The number of halogens is 12. The number of hydrogen-bond donors (Lipinski definition) is 3. The largest absolute Gasteiger partial charge is 0.503 e. The van der Waals surface area contributed by atoms with Crippen molar-refractivity contribution in [1.29, 1.82) is 0 Å². The van der Waals surface area contributed by atoms with Crippen molar-refractivity contribution in [3.8, 4) is 74.7 Å². The van der Waals surface area contributed by atoms with Crippen LogP contribution in [0.2, 0.25) is 0 Å². The number of phenolic OH excluding ortho intramolecular Hbond substituents is 1. The molecular formula is C109H110BrF11N6O23. The second-order valence-corrected chi connectivity index (χ2v) is 36.0. The smallest absolute Gasteiger partial charge is 0.410 e. The first-order valence-electron chi connectivity index (χ1n) is 45.7. The van der Waals surface area contributed by atoms with Crippen molar-refractivity contribution >= 4 is 81.2 Å². The summed E-state index contributed by atoms with van der Waals surface area (Å²) in [5.41, 5.74) is 6.88. The van der Waals surface area contributed by atoms with Gasteiger partial charge < -0.3 is 87.5 Å². The monoisotopic (exact) mass is 2160 g/mol. The Labute approximate surface area is 866 Å². The number of likely N-dealkylation sites (tertiary alicyclic amines) is 3. The number of aromatic hydroxyl groups is 1. The Morgan fingerprint density at radius 3 is 1.03 bits per heavy atom. The molecule has 1 aromatic heterocycles. The minimum atomic E-state index is -0.935. The number of para-hydroxylation sites is 5. The zero-order chi connectivity index (χ0) is 111. The number of rotatable bonds is 20. The van der Waals surface area contributed by atoms with Gasteiger partial charge in [0.15, 0.2) is 110 Å². The van der Waals surface area contributed by atoms with Crippen molar-refractivity contribution in [1.82, 2.24) is 24.6 Å². The number of benzene rings is 10. The highest BCUT2D eigenvalue weighted by atomic mass is 79.9. The van der Waals surface area contributed by atoms with E-state index < -0.39 is 134 Å². The van der Waals surface area contributed by atoms with Crippen LogP contribution in [0.25, 0.3) is 11.1 Å². The second-order valence-electron chi connectivity index (χ2n) is 35.4. The van der Waals surface area contributed by atoms with Gasteiger partial charge in [-0.05, 0) is 271 Å². The third kappa shape index (κ3) is 38.7. The van der Waals surface area contributed by atoms with Gasteiger partial charge in [-0.15, -0.1) is 0 Å². The standard InChI is InChI=1S/C29H30F2N2O7.C23H26F2N2O4.C14H9BrF2O2.C14H10F2O2.C9H18N2O2.C8H7FO.C6H4F2O.C6H6O4/c1-29(2,3)40-28(36)32-14-13-18(15-32)33-16-20(23(26(34)37-4)24(33)27(35)38-5)17-9-11-19(12-10-17)39-25-21(30)7-6-8-22(25)31;1-23(2,3)31-22(29)27-12-11-16(14-27)26-13-20(28)15-7-9-17(10-8-15)30-21-18(24)5-4-6-19(21)25;15-8-13(18)9-4-6-10(7-5-9)19-14-11(16)2-1-3-12(14)17;1-9(17)10-5-7-11(8-6-10)18-14-12(15)3-2-4-13(14)16;1-9(2,3)13-8(12)11-5-4-7(10)6-11;1-6(10)7-2-4-8(9)5-3-7;7-4-2-1-3-5(8)6(4)9;1-9-5(7)3-4-6(8)10-2/h6-12,16,18H,13-15H2,1-5H3;4-10,16,26H,11-14H2,1-3H3;1-7H,8H2;2-8H,1H3;7H,4-6,10H2,1-3H3;2-5H,1H3;1-3,9H;1-2H3/t18-;16-;;;7-;;;/m11..1.../s1. The molecule has 41 heteroatoms. The molecule has 0 spiro atoms. The highest BCUT2D eigenvalue weighted by Crippen LogP contribution is 2.39. The van der Waals surface area contributed by atoms with Gasteiger partial charge in [0, 0.05) is 97.2 Å². The predicted molar refractivity (Wildman–Crippen MR) is 532 cm³/mol. The van der Waals surface area contributed by atoms with E-state index in [9.17, 15) is 101 Å². The van der Waals surface area contributed by atoms with E-state index in [4.69, 9.17) is 53.5 Å². The van der Waals surface area contributed by atoms with Gasteiger partial charge in [-0.1, -0.05) is 58.4 Å². The summed E-state index contributed by atoms with van der Waals surface area (Å²) < 4.78 is 202. The van der Waals surface area contributed by atoms with Gasteiger partial charge in [0.2, 0.25) is 0 Å². The molecule has 0 radical (unpaired) electrons. The molecule has 0 bridgehead atoms. The van der Waals surface area contributed by atoms with Gasteiger partial charge in [-0.3, -0.25) is 19.2 Å². The van der Waals surface area contributed by atoms with Crippen molar-refractivity contribution in [2.24, 2.45) is 5.73 Å².